The van der Waals surface area contributed by atoms with Gasteiger partial charge in [-0.1, -0.05) is 12.2 Å². The first-order valence-corrected chi connectivity index (χ1v) is 7.90. The van der Waals surface area contributed by atoms with Crippen LogP contribution in [0.25, 0.3) is 0 Å². The molecule has 0 aromatic carbocycles. The van der Waals surface area contributed by atoms with Crippen molar-refractivity contribution in [2.24, 2.45) is 11.8 Å². The molecule has 21 heavy (non-hydrogen) atoms. The van der Waals surface area contributed by atoms with E-state index in [-0.39, 0.29) is 11.8 Å². The maximum Gasteiger partial charge on any atom is 0.293 e. The molecule has 1 aliphatic carbocycles. The van der Waals surface area contributed by atoms with Gasteiger partial charge >= 0.3 is 0 Å². The van der Waals surface area contributed by atoms with Crippen LogP contribution in [0, 0.1) is 11.8 Å². The number of ether oxygens (including phenoxy) is 1. The van der Waals surface area contributed by atoms with Gasteiger partial charge in [-0.3, -0.25) is 9.59 Å². The van der Waals surface area contributed by atoms with Crippen LogP contribution in [0.15, 0.2) is 12.2 Å². The zero-order chi connectivity index (χ0) is 15.5. The molecule has 1 amide bonds. The van der Waals surface area contributed by atoms with Crippen LogP contribution in [0.1, 0.15) is 32.6 Å². The van der Waals surface area contributed by atoms with Gasteiger partial charge in [0.15, 0.2) is 0 Å². The van der Waals surface area contributed by atoms with E-state index in [4.69, 9.17) is 16.3 Å². The summed E-state index contributed by atoms with van der Waals surface area (Å²) < 4.78 is 5.24. The molecule has 5 atom stereocenters. The number of aliphatic hydroxyl groups excluding tert-OH is 1. The molecule has 2 N–H and O–H groups in total. The fourth-order valence-electron chi connectivity index (χ4n) is 3.45. The number of hydrogen-bond acceptors (Lipinski definition) is 4. The van der Waals surface area contributed by atoms with Crippen molar-refractivity contribution in [3.63, 3.8) is 0 Å². The van der Waals surface area contributed by atoms with Gasteiger partial charge in [-0.15, -0.1) is 11.6 Å². The fourth-order valence-corrected chi connectivity index (χ4v) is 3.67. The number of allylic oxidation sites excluding steroid dienone is 1. The topological polar surface area (TPSA) is 75.6 Å². The number of nitrogens with one attached hydrogen (secondary N) is 1. The van der Waals surface area contributed by atoms with Crippen LogP contribution in [0.3, 0.4) is 0 Å². The van der Waals surface area contributed by atoms with Crippen molar-refractivity contribution in [1.82, 2.24) is 5.32 Å². The highest BCUT2D eigenvalue weighted by Crippen LogP contribution is 2.38. The number of hydrogen-bond donors (Lipinski definition) is 2. The minimum Gasteiger partial charge on any atom is -0.458 e. The van der Waals surface area contributed by atoms with Crippen LogP contribution < -0.4 is 5.32 Å². The van der Waals surface area contributed by atoms with Crippen molar-refractivity contribution >= 4 is 24.0 Å². The minimum atomic E-state index is -1.07. The molecule has 1 fully saturated rings. The third kappa shape index (κ3) is 3.09. The highest BCUT2D eigenvalue weighted by atomic mass is 35.5. The first-order valence-electron chi connectivity index (χ1n) is 7.37. The monoisotopic (exact) mass is 315 g/mol. The van der Waals surface area contributed by atoms with Crippen molar-refractivity contribution in [3.05, 3.63) is 12.2 Å². The van der Waals surface area contributed by atoms with E-state index >= 15 is 0 Å². The lowest BCUT2D eigenvalue weighted by atomic mass is 9.78. The summed E-state index contributed by atoms with van der Waals surface area (Å²) in [6.07, 6.45) is 6.53. The largest absolute Gasteiger partial charge is 0.458 e. The van der Waals surface area contributed by atoms with Gasteiger partial charge in [0, 0.05) is 11.8 Å². The van der Waals surface area contributed by atoms with E-state index in [2.05, 4.69) is 5.32 Å². The summed E-state index contributed by atoms with van der Waals surface area (Å²) in [6, 6.07) is -0.615. The molecule has 0 aromatic rings. The molecule has 6 heteroatoms. The number of carbonyl (C=O) groups is 2. The zero-order valence-corrected chi connectivity index (χ0v) is 12.9. The predicted molar refractivity (Wildman–Crippen MR) is 78.8 cm³/mol. The molecular formula is C15H22ClNO4. The van der Waals surface area contributed by atoms with Crippen LogP contribution >= 0.6 is 11.6 Å². The number of carbonyl (C=O) groups excluding carboxylic acids is 2. The molecule has 0 radical (unpaired) electrons. The second-order valence-electron chi connectivity index (χ2n) is 5.93. The maximum atomic E-state index is 12.2. The first kappa shape index (κ1) is 16.3. The third-order valence-electron chi connectivity index (χ3n) is 4.70. The molecule has 0 unspecified atom stereocenters. The van der Waals surface area contributed by atoms with Gasteiger partial charge in [-0.25, -0.2) is 0 Å². The molecule has 0 spiro atoms. The second-order valence-corrected chi connectivity index (χ2v) is 6.31. The van der Waals surface area contributed by atoms with Crippen LogP contribution in [0.2, 0.25) is 0 Å². The molecule has 2 rings (SSSR count). The number of rotatable bonds is 6. The summed E-state index contributed by atoms with van der Waals surface area (Å²) in [7, 11) is 0. The lowest BCUT2D eigenvalue weighted by Gasteiger charge is -2.37. The lowest BCUT2D eigenvalue weighted by molar-refractivity contribution is -0.152. The normalized spacial score (nSPS) is 37.1. The minimum absolute atomic E-state index is 0.0339. The SMILES string of the molecule is C[C@@]1(OC=O)[C@@H]([C@@H](O)[C@@H]2C=CCCC2)NC(=O)[C@@H]1CCCl. The Morgan fingerprint density at radius 2 is 2.43 bits per heavy atom. The quantitative estimate of drug-likeness (QED) is 0.441. The fraction of sp³-hybridized carbons (Fsp3) is 0.733. The van der Waals surface area contributed by atoms with Gasteiger partial charge in [0.1, 0.15) is 5.60 Å². The zero-order valence-electron chi connectivity index (χ0n) is 12.1. The molecule has 2 aliphatic rings. The van der Waals surface area contributed by atoms with Crippen molar-refractivity contribution in [2.75, 3.05) is 5.88 Å². The highest BCUT2D eigenvalue weighted by molar-refractivity contribution is 6.18. The predicted octanol–water partition coefficient (Wildman–Crippen LogP) is 1.38. The van der Waals surface area contributed by atoms with E-state index < -0.39 is 23.7 Å². The summed E-state index contributed by atoms with van der Waals surface area (Å²) in [5.41, 5.74) is -1.07. The number of alkyl halides is 1. The standard InChI is InChI=1S/C15H22ClNO4/c1-15(21-9-18)11(7-8-16)14(20)17-13(15)12(19)10-5-3-2-4-6-10/h3,5,9-13,19H,2,4,6-8H2,1H3,(H,17,20)/t10-,11+,12+,13-,15+/m1/s1. The lowest BCUT2D eigenvalue weighted by Crippen LogP contribution is -2.54. The third-order valence-corrected chi connectivity index (χ3v) is 4.91. The Kier molecular flexibility index (Phi) is 5.27. The molecule has 1 saturated heterocycles. The van der Waals surface area contributed by atoms with Crippen LogP contribution in [0.5, 0.6) is 0 Å². The average molecular weight is 316 g/mol. The Balaban J connectivity index is 2.23. The van der Waals surface area contributed by atoms with E-state index in [0.29, 0.717) is 18.8 Å². The number of aliphatic hydroxyl groups is 1. The Morgan fingerprint density at radius 1 is 1.67 bits per heavy atom. The molecule has 0 aromatic heterocycles. The number of amides is 1. The average Bonchev–Trinajstić information content (AvgIpc) is 2.73. The summed E-state index contributed by atoms with van der Waals surface area (Å²) in [6.45, 7) is 2.04. The Bertz CT molecular complexity index is 428. The molecular weight excluding hydrogens is 294 g/mol. The van der Waals surface area contributed by atoms with Crippen molar-refractivity contribution in [2.45, 2.75) is 50.4 Å². The summed E-state index contributed by atoms with van der Waals surface area (Å²) in [5, 5.41) is 13.4. The van der Waals surface area contributed by atoms with E-state index in [9.17, 15) is 14.7 Å². The molecule has 0 saturated carbocycles. The van der Waals surface area contributed by atoms with Gasteiger partial charge in [0.05, 0.1) is 18.1 Å². The second kappa shape index (κ2) is 6.79. The van der Waals surface area contributed by atoms with Crippen molar-refractivity contribution < 1.29 is 19.4 Å². The molecule has 1 aliphatic heterocycles. The van der Waals surface area contributed by atoms with Gasteiger partial charge in [-0.05, 0) is 32.6 Å². The molecule has 5 nitrogen and oxygen atoms in total. The summed E-state index contributed by atoms with van der Waals surface area (Å²) in [5.74, 6) is -0.494. The van der Waals surface area contributed by atoms with E-state index in [1.807, 2.05) is 12.2 Å². The van der Waals surface area contributed by atoms with Gasteiger partial charge in [-0.2, -0.15) is 0 Å². The highest BCUT2D eigenvalue weighted by Gasteiger charge is 2.56. The van der Waals surface area contributed by atoms with Gasteiger partial charge < -0.3 is 15.2 Å². The van der Waals surface area contributed by atoms with E-state index in [1.54, 1.807) is 6.92 Å². The summed E-state index contributed by atoms with van der Waals surface area (Å²) in [4.78, 5) is 23.0. The number of halogens is 1. The Labute approximate surface area is 129 Å². The van der Waals surface area contributed by atoms with Gasteiger partial charge in [0.2, 0.25) is 5.91 Å². The van der Waals surface area contributed by atoms with Crippen molar-refractivity contribution in [1.29, 1.82) is 0 Å². The Morgan fingerprint density at radius 3 is 3.00 bits per heavy atom. The summed E-state index contributed by atoms with van der Waals surface area (Å²) >= 11 is 5.75. The van der Waals surface area contributed by atoms with Gasteiger partial charge in [0.25, 0.3) is 6.47 Å². The van der Waals surface area contributed by atoms with Crippen molar-refractivity contribution in [3.8, 4) is 0 Å². The van der Waals surface area contributed by atoms with Crippen LogP contribution in [0.4, 0.5) is 0 Å². The van der Waals surface area contributed by atoms with E-state index in [1.165, 1.54) is 0 Å². The maximum absolute atomic E-state index is 12.2. The van der Waals surface area contributed by atoms with E-state index in [0.717, 1.165) is 19.3 Å². The Hall–Kier alpha value is -1.07. The molecule has 118 valence electrons. The molecule has 1 heterocycles. The van der Waals surface area contributed by atoms with Crippen LogP contribution in [-0.4, -0.2) is 41.1 Å². The smallest absolute Gasteiger partial charge is 0.293 e. The molecule has 0 bridgehead atoms. The van der Waals surface area contributed by atoms with Crippen LogP contribution in [-0.2, 0) is 14.3 Å². The first-order chi connectivity index (χ1) is 10.0.